The summed E-state index contributed by atoms with van der Waals surface area (Å²) in [5, 5.41) is 0. The SMILES string of the molecule is C=CCOCCNS(=O)(=O)c1c(C)cc(F)cc1C. The quantitative estimate of drug-likeness (QED) is 0.616. The van der Waals surface area contributed by atoms with Gasteiger partial charge in [-0.25, -0.2) is 17.5 Å². The van der Waals surface area contributed by atoms with E-state index in [-0.39, 0.29) is 18.0 Å². The molecule has 19 heavy (non-hydrogen) atoms. The normalized spacial score (nSPS) is 11.5. The maximum Gasteiger partial charge on any atom is 0.241 e. The van der Waals surface area contributed by atoms with Gasteiger partial charge < -0.3 is 4.74 Å². The van der Waals surface area contributed by atoms with Crippen LogP contribution in [0.2, 0.25) is 0 Å². The largest absolute Gasteiger partial charge is 0.376 e. The van der Waals surface area contributed by atoms with Crippen molar-refractivity contribution in [2.24, 2.45) is 0 Å². The Balaban J connectivity index is 2.80. The van der Waals surface area contributed by atoms with Gasteiger partial charge in [0.2, 0.25) is 10.0 Å². The van der Waals surface area contributed by atoms with Gasteiger partial charge in [0.1, 0.15) is 5.82 Å². The van der Waals surface area contributed by atoms with Crippen LogP contribution in [-0.2, 0) is 14.8 Å². The first-order valence-corrected chi connectivity index (χ1v) is 7.32. The molecule has 1 rings (SSSR count). The molecule has 0 spiro atoms. The monoisotopic (exact) mass is 287 g/mol. The zero-order chi connectivity index (χ0) is 14.5. The van der Waals surface area contributed by atoms with Crippen LogP contribution in [0.25, 0.3) is 0 Å². The molecular formula is C13H18FNO3S. The zero-order valence-electron chi connectivity index (χ0n) is 11.1. The third kappa shape index (κ3) is 4.41. The second-order valence-electron chi connectivity index (χ2n) is 4.13. The van der Waals surface area contributed by atoms with Crippen molar-refractivity contribution >= 4 is 10.0 Å². The van der Waals surface area contributed by atoms with E-state index in [1.54, 1.807) is 19.9 Å². The van der Waals surface area contributed by atoms with Crippen molar-refractivity contribution in [2.45, 2.75) is 18.7 Å². The number of halogens is 1. The molecule has 0 aliphatic carbocycles. The Kier molecular flexibility index (Phi) is 5.65. The summed E-state index contributed by atoms with van der Waals surface area (Å²) >= 11 is 0. The Morgan fingerprint density at radius 1 is 1.37 bits per heavy atom. The number of aryl methyl sites for hydroxylation is 2. The Hall–Kier alpha value is -1.24. The highest BCUT2D eigenvalue weighted by molar-refractivity contribution is 7.89. The van der Waals surface area contributed by atoms with E-state index in [4.69, 9.17) is 4.74 Å². The molecule has 0 unspecified atom stereocenters. The average Bonchev–Trinajstić information content (AvgIpc) is 2.26. The maximum atomic E-state index is 13.1. The highest BCUT2D eigenvalue weighted by atomic mass is 32.2. The van der Waals surface area contributed by atoms with E-state index in [9.17, 15) is 12.8 Å². The molecule has 106 valence electrons. The molecule has 0 fully saturated rings. The Bertz CT molecular complexity index is 532. The number of hydrogen-bond acceptors (Lipinski definition) is 3. The molecule has 0 aliphatic heterocycles. The summed E-state index contributed by atoms with van der Waals surface area (Å²) < 4.78 is 44.9. The summed E-state index contributed by atoms with van der Waals surface area (Å²) in [7, 11) is -3.65. The molecule has 0 aliphatic rings. The lowest BCUT2D eigenvalue weighted by Crippen LogP contribution is -2.28. The lowest BCUT2D eigenvalue weighted by molar-refractivity contribution is 0.168. The summed E-state index contributed by atoms with van der Waals surface area (Å²) in [6.45, 7) is 7.41. The van der Waals surface area contributed by atoms with Crippen molar-refractivity contribution < 1.29 is 17.5 Å². The second kappa shape index (κ2) is 6.79. The average molecular weight is 287 g/mol. The van der Waals surface area contributed by atoms with E-state index in [1.807, 2.05) is 0 Å². The van der Waals surface area contributed by atoms with Gasteiger partial charge in [-0.05, 0) is 37.1 Å². The Morgan fingerprint density at radius 2 is 1.95 bits per heavy atom. The molecule has 0 saturated heterocycles. The van der Waals surface area contributed by atoms with Gasteiger partial charge in [0.15, 0.2) is 0 Å². The molecule has 0 saturated carbocycles. The summed E-state index contributed by atoms with van der Waals surface area (Å²) in [6.07, 6.45) is 1.59. The fraction of sp³-hybridized carbons (Fsp3) is 0.385. The topological polar surface area (TPSA) is 55.4 Å². The fourth-order valence-electron chi connectivity index (χ4n) is 1.81. The first kappa shape index (κ1) is 15.8. The minimum Gasteiger partial charge on any atom is -0.376 e. The van der Waals surface area contributed by atoms with Gasteiger partial charge in [0.25, 0.3) is 0 Å². The molecule has 0 amide bonds. The number of hydrogen-bond donors (Lipinski definition) is 1. The molecule has 0 heterocycles. The summed E-state index contributed by atoms with van der Waals surface area (Å²) in [5.41, 5.74) is 0.772. The first-order valence-electron chi connectivity index (χ1n) is 5.83. The van der Waals surface area contributed by atoms with Gasteiger partial charge in [0.05, 0.1) is 18.1 Å². The molecule has 0 aromatic heterocycles. The number of nitrogens with one attached hydrogen (secondary N) is 1. The van der Waals surface area contributed by atoms with Crippen LogP contribution in [0.1, 0.15) is 11.1 Å². The van der Waals surface area contributed by atoms with Crippen LogP contribution in [0.5, 0.6) is 0 Å². The van der Waals surface area contributed by atoms with Crippen LogP contribution in [0.4, 0.5) is 4.39 Å². The van der Waals surface area contributed by atoms with Crippen LogP contribution in [0, 0.1) is 19.7 Å². The second-order valence-corrected chi connectivity index (χ2v) is 5.83. The Labute approximate surface area is 113 Å². The predicted molar refractivity (Wildman–Crippen MR) is 72.1 cm³/mol. The van der Waals surface area contributed by atoms with Gasteiger partial charge >= 0.3 is 0 Å². The van der Waals surface area contributed by atoms with Crippen LogP contribution < -0.4 is 4.72 Å². The standard InChI is InChI=1S/C13H18FNO3S/c1-4-6-18-7-5-15-19(16,17)13-10(2)8-12(14)9-11(13)3/h4,8-9,15H,1,5-7H2,2-3H3. The van der Waals surface area contributed by atoms with Crippen molar-refractivity contribution in [3.63, 3.8) is 0 Å². The highest BCUT2D eigenvalue weighted by Gasteiger charge is 2.19. The molecule has 0 bridgehead atoms. The summed E-state index contributed by atoms with van der Waals surface area (Å²) in [6, 6.07) is 2.41. The van der Waals surface area contributed by atoms with Crippen molar-refractivity contribution in [1.29, 1.82) is 0 Å². The molecule has 1 aromatic carbocycles. The van der Waals surface area contributed by atoms with Crippen LogP contribution in [0.3, 0.4) is 0 Å². The molecule has 4 nitrogen and oxygen atoms in total. The van der Waals surface area contributed by atoms with E-state index >= 15 is 0 Å². The number of sulfonamides is 1. The zero-order valence-corrected chi connectivity index (χ0v) is 11.9. The summed E-state index contributed by atoms with van der Waals surface area (Å²) in [5.74, 6) is -0.441. The number of ether oxygens (including phenoxy) is 1. The van der Waals surface area contributed by atoms with Crippen molar-refractivity contribution in [2.75, 3.05) is 19.8 Å². The van der Waals surface area contributed by atoms with Gasteiger partial charge in [-0.2, -0.15) is 0 Å². The number of benzene rings is 1. The molecule has 0 radical (unpaired) electrons. The van der Waals surface area contributed by atoms with E-state index < -0.39 is 15.8 Å². The molecular weight excluding hydrogens is 269 g/mol. The van der Waals surface area contributed by atoms with E-state index in [2.05, 4.69) is 11.3 Å². The fourth-order valence-corrected chi connectivity index (χ4v) is 3.27. The lowest BCUT2D eigenvalue weighted by Gasteiger charge is -2.12. The van der Waals surface area contributed by atoms with Gasteiger partial charge in [-0.15, -0.1) is 6.58 Å². The molecule has 0 atom stereocenters. The Morgan fingerprint density at radius 3 is 2.47 bits per heavy atom. The minimum atomic E-state index is -3.65. The predicted octanol–water partition coefficient (Wildman–Crippen LogP) is 1.92. The van der Waals surface area contributed by atoms with E-state index in [0.29, 0.717) is 17.7 Å². The van der Waals surface area contributed by atoms with Crippen molar-refractivity contribution in [3.05, 3.63) is 41.7 Å². The van der Waals surface area contributed by atoms with Crippen LogP contribution >= 0.6 is 0 Å². The maximum absolute atomic E-state index is 13.1. The third-order valence-corrected chi connectivity index (χ3v) is 4.23. The first-order chi connectivity index (χ1) is 8.88. The smallest absolute Gasteiger partial charge is 0.241 e. The van der Waals surface area contributed by atoms with Crippen molar-refractivity contribution in [1.82, 2.24) is 4.72 Å². The highest BCUT2D eigenvalue weighted by Crippen LogP contribution is 2.20. The summed E-state index contributed by atoms with van der Waals surface area (Å²) in [4.78, 5) is 0.123. The molecule has 1 N–H and O–H groups in total. The lowest BCUT2D eigenvalue weighted by atomic mass is 10.1. The van der Waals surface area contributed by atoms with E-state index in [0.717, 1.165) is 0 Å². The van der Waals surface area contributed by atoms with E-state index in [1.165, 1.54) is 12.1 Å². The van der Waals surface area contributed by atoms with Gasteiger partial charge in [-0.3, -0.25) is 0 Å². The van der Waals surface area contributed by atoms with Gasteiger partial charge in [-0.1, -0.05) is 6.08 Å². The third-order valence-electron chi connectivity index (χ3n) is 2.47. The van der Waals surface area contributed by atoms with Crippen molar-refractivity contribution in [3.8, 4) is 0 Å². The molecule has 6 heteroatoms. The van der Waals surface area contributed by atoms with Crippen LogP contribution in [-0.4, -0.2) is 28.2 Å². The minimum absolute atomic E-state index is 0.123. The molecule has 1 aromatic rings. The number of rotatable bonds is 7. The van der Waals surface area contributed by atoms with Crippen LogP contribution in [0.15, 0.2) is 29.7 Å². The van der Waals surface area contributed by atoms with Gasteiger partial charge in [0, 0.05) is 6.54 Å².